The fourth-order valence-corrected chi connectivity index (χ4v) is 2.56. The lowest BCUT2D eigenvalue weighted by atomic mass is 10.1. The van der Waals surface area contributed by atoms with Crippen LogP contribution in [-0.2, 0) is 6.42 Å². The standard InChI is InChI=1S/C17H19N5O2/c1-4-15-16(12(3)24-21-15)17(23)20-11(2)13-5-7-14(8-6-13)22-10-18-9-19-22/h5-11H,4H2,1-3H3,(H,20,23)/t11-/m1/s1. The van der Waals surface area contributed by atoms with E-state index in [0.29, 0.717) is 23.4 Å². The van der Waals surface area contributed by atoms with Gasteiger partial charge in [0, 0.05) is 0 Å². The maximum Gasteiger partial charge on any atom is 0.257 e. The van der Waals surface area contributed by atoms with Gasteiger partial charge in [0.2, 0.25) is 0 Å². The maximum absolute atomic E-state index is 12.5. The molecule has 0 saturated heterocycles. The van der Waals surface area contributed by atoms with Crippen LogP contribution >= 0.6 is 0 Å². The molecule has 0 spiro atoms. The SMILES string of the molecule is CCc1noc(C)c1C(=O)N[C@H](C)c1ccc(-n2cncn2)cc1. The van der Waals surface area contributed by atoms with Gasteiger partial charge in [0.1, 0.15) is 24.0 Å². The fraction of sp³-hybridized carbons (Fsp3) is 0.294. The summed E-state index contributed by atoms with van der Waals surface area (Å²) in [5, 5.41) is 11.0. The summed E-state index contributed by atoms with van der Waals surface area (Å²) < 4.78 is 6.81. The van der Waals surface area contributed by atoms with E-state index >= 15 is 0 Å². The lowest BCUT2D eigenvalue weighted by molar-refractivity contribution is 0.0937. The Morgan fingerprint density at radius 3 is 2.71 bits per heavy atom. The number of carbonyl (C=O) groups excluding carboxylic acids is 1. The number of amides is 1. The molecule has 3 aromatic rings. The van der Waals surface area contributed by atoms with Gasteiger partial charge in [-0.3, -0.25) is 4.79 Å². The Labute approximate surface area is 139 Å². The third-order valence-electron chi connectivity index (χ3n) is 3.92. The number of nitrogens with one attached hydrogen (secondary N) is 1. The molecule has 0 fully saturated rings. The molecule has 0 aliphatic heterocycles. The van der Waals surface area contributed by atoms with E-state index < -0.39 is 0 Å². The summed E-state index contributed by atoms with van der Waals surface area (Å²) in [6.45, 7) is 5.63. The molecule has 2 aromatic heterocycles. The number of aryl methyl sites for hydroxylation is 2. The second kappa shape index (κ2) is 6.66. The summed E-state index contributed by atoms with van der Waals surface area (Å²) in [5.74, 6) is 0.372. The van der Waals surface area contributed by atoms with E-state index in [1.165, 1.54) is 6.33 Å². The van der Waals surface area contributed by atoms with Gasteiger partial charge in [0.05, 0.1) is 17.4 Å². The minimum Gasteiger partial charge on any atom is -0.361 e. The lowest BCUT2D eigenvalue weighted by Gasteiger charge is -2.15. The lowest BCUT2D eigenvalue weighted by Crippen LogP contribution is -2.27. The first kappa shape index (κ1) is 15.9. The summed E-state index contributed by atoms with van der Waals surface area (Å²) in [4.78, 5) is 16.4. The second-order valence-electron chi connectivity index (χ2n) is 5.54. The normalized spacial score (nSPS) is 12.1. The van der Waals surface area contributed by atoms with Crippen LogP contribution in [0.2, 0.25) is 0 Å². The van der Waals surface area contributed by atoms with Crippen LogP contribution in [0.5, 0.6) is 0 Å². The highest BCUT2D eigenvalue weighted by molar-refractivity contribution is 5.96. The highest BCUT2D eigenvalue weighted by Crippen LogP contribution is 2.18. The van der Waals surface area contributed by atoms with Gasteiger partial charge in [-0.1, -0.05) is 24.2 Å². The van der Waals surface area contributed by atoms with Gasteiger partial charge in [-0.15, -0.1) is 0 Å². The average Bonchev–Trinajstić information content (AvgIpc) is 3.24. The number of carbonyl (C=O) groups is 1. The van der Waals surface area contributed by atoms with E-state index in [-0.39, 0.29) is 11.9 Å². The number of hydrogen-bond donors (Lipinski definition) is 1. The molecule has 0 radical (unpaired) electrons. The van der Waals surface area contributed by atoms with Crippen molar-refractivity contribution in [1.29, 1.82) is 0 Å². The number of rotatable bonds is 5. The monoisotopic (exact) mass is 325 g/mol. The van der Waals surface area contributed by atoms with Crippen LogP contribution in [0.25, 0.3) is 5.69 Å². The van der Waals surface area contributed by atoms with Crippen molar-refractivity contribution in [2.45, 2.75) is 33.2 Å². The van der Waals surface area contributed by atoms with Crippen molar-refractivity contribution in [2.24, 2.45) is 0 Å². The molecular weight excluding hydrogens is 306 g/mol. The Kier molecular flexibility index (Phi) is 4.41. The van der Waals surface area contributed by atoms with Gasteiger partial charge in [-0.05, 0) is 38.0 Å². The molecule has 1 N–H and O–H groups in total. The molecule has 3 rings (SSSR count). The van der Waals surface area contributed by atoms with Gasteiger partial charge >= 0.3 is 0 Å². The quantitative estimate of drug-likeness (QED) is 0.779. The summed E-state index contributed by atoms with van der Waals surface area (Å²) in [6, 6.07) is 7.66. The number of nitrogens with zero attached hydrogens (tertiary/aromatic N) is 4. The molecule has 0 bridgehead atoms. The van der Waals surface area contributed by atoms with E-state index in [2.05, 4.69) is 20.6 Å². The summed E-state index contributed by atoms with van der Waals surface area (Å²) in [7, 11) is 0. The Bertz CT molecular complexity index is 821. The Morgan fingerprint density at radius 2 is 2.08 bits per heavy atom. The molecule has 0 aliphatic carbocycles. The fourth-order valence-electron chi connectivity index (χ4n) is 2.56. The zero-order chi connectivity index (χ0) is 17.1. The zero-order valence-electron chi connectivity index (χ0n) is 13.9. The van der Waals surface area contributed by atoms with Crippen LogP contribution in [0.4, 0.5) is 0 Å². The molecule has 7 heteroatoms. The number of hydrogen-bond acceptors (Lipinski definition) is 5. The molecule has 124 valence electrons. The zero-order valence-corrected chi connectivity index (χ0v) is 13.9. The van der Waals surface area contributed by atoms with Gasteiger partial charge in [-0.2, -0.15) is 5.10 Å². The third kappa shape index (κ3) is 3.05. The van der Waals surface area contributed by atoms with Crippen LogP contribution in [0.1, 0.15) is 47.3 Å². The van der Waals surface area contributed by atoms with Crippen molar-refractivity contribution < 1.29 is 9.32 Å². The first-order chi connectivity index (χ1) is 11.6. The Balaban J connectivity index is 1.73. The first-order valence-corrected chi connectivity index (χ1v) is 7.81. The van der Waals surface area contributed by atoms with Crippen LogP contribution in [-0.4, -0.2) is 25.8 Å². The topological polar surface area (TPSA) is 85.8 Å². The molecule has 1 atom stereocenters. The third-order valence-corrected chi connectivity index (χ3v) is 3.92. The molecule has 2 heterocycles. The Morgan fingerprint density at radius 1 is 1.33 bits per heavy atom. The summed E-state index contributed by atoms with van der Waals surface area (Å²) >= 11 is 0. The van der Waals surface area contributed by atoms with Crippen molar-refractivity contribution >= 4 is 5.91 Å². The van der Waals surface area contributed by atoms with E-state index in [1.807, 2.05) is 38.1 Å². The second-order valence-corrected chi connectivity index (χ2v) is 5.54. The van der Waals surface area contributed by atoms with Gasteiger partial charge < -0.3 is 9.84 Å². The molecule has 1 aromatic carbocycles. The number of aromatic nitrogens is 4. The van der Waals surface area contributed by atoms with Crippen molar-refractivity contribution in [3.05, 3.63) is 59.5 Å². The molecule has 0 saturated carbocycles. The Hall–Kier alpha value is -2.96. The van der Waals surface area contributed by atoms with E-state index in [4.69, 9.17) is 4.52 Å². The van der Waals surface area contributed by atoms with Crippen molar-refractivity contribution in [3.63, 3.8) is 0 Å². The first-order valence-electron chi connectivity index (χ1n) is 7.81. The molecule has 24 heavy (non-hydrogen) atoms. The minimum absolute atomic E-state index is 0.138. The van der Waals surface area contributed by atoms with E-state index in [9.17, 15) is 4.79 Å². The highest BCUT2D eigenvalue weighted by Gasteiger charge is 2.20. The predicted molar refractivity (Wildman–Crippen MR) is 87.9 cm³/mol. The highest BCUT2D eigenvalue weighted by atomic mass is 16.5. The van der Waals surface area contributed by atoms with Crippen molar-refractivity contribution in [2.75, 3.05) is 0 Å². The van der Waals surface area contributed by atoms with E-state index in [0.717, 1.165) is 11.3 Å². The molecule has 0 aliphatic rings. The molecule has 1 amide bonds. The molecular formula is C17H19N5O2. The largest absolute Gasteiger partial charge is 0.361 e. The van der Waals surface area contributed by atoms with Crippen LogP contribution in [0, 0.1) is 6.92 Å². The van der Waals surface area contributed by atoms with Gasteiger partial charge in [0.25, 0.3) is 5.91 Å². The van der Waals surface area contributed by atoms with Crippen LogP contribution in [0.3, 0.4) is 0 Å². The van der Waals surface area contributed by atoms with Crippen molar-refractivity contribution in [3.8, 4) is 5.69 Å². The maximum atomic E-state index is 12.5. The molecule has 0 unspecified atom stereocenters. The van der Waals surface area contributed by atoms with Gasteiger partial charge in [0.15, 0.2) is 0 Å². The smallest absolute Gasteiger partial charge is 0.257 e. The van der Waals surface area contributed by atoms with Crippen molar-refractivity contribution in [1.82, 2.24) is 25.2 Å². The molecule has 7 nitrogen and oxygen atoms in total. The van der Waals surface area contributed by atoms with Crippen LogP contribution in [0.15, 0.2) is 41.4 Å². The minimum atomic E-state index is -0.168. The van der Waals surface area contributed by atoms with E-state index in [1.54, 1.807) is 17.9 Å². The summed E-state index contributed by atoms with van der Waals surface area (Å²) in [6.07, 6.45) is 3.78. The van der Waals surface area contributed by atoms with Gasteiger partial charge in [-0.25, -0.2) is 9.67 Å². The van der Waals surface area contributed by atoms with Crippen LogP contribution < -0.4 is 5.32 Å². The average molecular weight is 325 g/mol. The number of benzene rings is 1. The summed E-state index contributed by atoms with van der Waals surface area (Å²) in [5.41, 5.74) is 3.12. The predicted octanol–water partition coefficient (Wildman–Crippen LogP) is 2.62.